The minimum absolute atomic E-state index is 0. The highest BCUT2D eigenvalue weighted by atomic mass is 35.5. The second kappa shape index (κ2) is 41.7. The van der Waals surface area contributed by atoms with Crippen LogP contribution in [0.15, 0.2) is 279 Å². The Balaban J connectivity index is 0.000000162. The molecule has 0 saturated heterocycles. The van der Waals surface area contributed by atoms with E-state index in [0.717, 1.165) is 122 Å². The quantitative estimate of drug-likeness (QED) is 0.118. The van der Waals surface area contributed by atoms with Crippen molar-refractivity contribution in [2.45, 2.75) is 85.7 Å². The van der Waals surface area contributed by atoms with E-state index in [4.69, 9.17) is 63.1 Å². The van der Waals surface area contributed by atoms with Gasteiger partial charge in [-0.1, -0.05) is 387 Å². The van der Waals surface area contributed by atoms with Crippen molar-refractivity contribution in [1.82, 2.24) is 99.9 Å². The van der Waals surface area contributed by atoms with Crippen LogP contribution in [0.25, 0.3) is 168 Å². The first-order valence-corrected chi connectivity index (χ1v) is 40.4. The maximum atomic E-state index is 6.75. The van der Waals surface area contributed by atoms with Gasteiger partial charge in [-0.2, -0.15) is 25.5 Å². The number of aryl methyl sites for hydroxylation is 9. The first-order valence-electron chi connectivity index (χ1n) is 38.5. The molecule has 20 rings (SSSR count). The SMILES string of the molecule is C.C.C.C.C.C.CCn1nc(-c2ccccc2)c2c(Cl)c(-c3ccccc3)nnc21.Cc1ccc(-c2nn(C)c3nnc(-c4ccccc4)c(Cl)c23)cc1.Cc1cccc(-c2nn(C)c3nnc(-c4ccccc4)c(Cl)c23)c1.Cc1ccccc1-c1nn(C)c2nnc(-c3ccccc3)c(Cl)c12.Cc1ccccc1-c1nn(C)c2nnc(-c3ccccc3)c(Cl)c12. The number of nitrogens with zero attached hydrogens (tertiary/aromatic N) is 20. The molecule has 25 heteroatoms. The van der Waals surface area contributed by atoms with E-state index in [9.17, 15) is 0 Å². The van der Waals surface area contributed by atoms with Crippen molar-refractivity contribution < 1.29 is 0 Å². The predicted molar refractivity (Wildman–Crippen MR) is 525 cm³/mol. The van der Waals surface area contributed by atoms with Crippen molar-refractivity contribution in [3.05, 3.63) is 326 Å². The number of halogens is 5. The van der Waals surface area contributed by atoms with Gasteiger partial charge in [0.25, 0.3) is 0 Å². The Kier molecular flexibility index (Phi) is 31.3. The van der Waals surface area contributed by atoms with E-state index in [-0.39, 0.29) is 44.6 Å². The standard InChI is InChI=1S/5C19H15ClN4.6CH4/c2*1-12-8-6-7-11-14(12)18-15-16(20)17(13-9-4-3-5-10-13)21-22-19(15)24(2)23-18;1-12-7-6-10-14(11-12)17-15-16(20)18(13-8-4-3-5-9-13)21-22-19(15)24(2)23-17;1-12-8-10-14(11-9-12)17-15-16(20)18(13-6-4-3-5-7-13)21-22-19(15)24(2)23-17;1-2-24-19-15(17(23-24)13-9-5-3-6-10-13)16(20)18(21-22-19)14-11-7-4-8-12-14;;;;;;/h4*3-11H,1-2H3;3-12H,2H2,1H3;6*1H4. The fourth-order valence-electron chi connectivity index (χ4n) is 14.3. The van der Waals surface area contributed by atoms with Crippen molar-refractivity contribution in [1.29, 1.82) is 0 Å². The first-order chi connectivity index (χ1) is 58.4. The van der Waals surface area contributed by atoms with Gasteiger partial charge in [0.2, 0.25) is 0 Å². The summed E-state index contributed by atoms with van der Waals surface area (Å²) >= 11 is 33.7. The highest BCUT2D eigenvalue weighted by Crippen LogP contribution is 2.44. The van der Waals surface area contributed by atoms with Gasteiger partial charge in [-0.3, -0.25) is 0 Å². The van der Waals surface area contributed by atoms with Gasteiger partial charge in [-0.25, -0.2) is 23.4 Å². The topological polar surface area (TPSA) is 218 Å². The van der Waals surface area contributed by atoms with Crippen LogP contribution in [-0.4, -0.2) is 99.9 Å². The van der Waals surface area contributed by atoms with E-state index in [0.29, 0.717) is 88.4 Å². The number of aromatic nitrogens is 20. The number of rotatable bonds is 11. The van der Waals surface area contributed by atoms with Crippen LogP contribution >= 0.6 is 58.0 Å². The summed E-state index contributed by atoms with van der Waals surface area (Å²) < 4.78 is 8.74. The Morgan fingerprint density at radius 3 is 0.762 bits per heavy atom. The van der Waals surface area contributed by atoms with Crippen LogP contribution in [0.4, 0.5) is 0 Å². The summed E-state index contributed by atoms with van der Waals surface area (Å²) in [6, 6.07) is 92.0. The molecule has 0 N–H and O–H groups in total. The Labute approximate surface area is 760 Å². The molecule has 0 radical (unpaired) electrons. The maximum Gasteiger partial charge on any atom is 0.182 e. The van der Waals surface area contributed by atoms with Crippen LogP contribution in [0, 0.1) is 27.7 Å². The molecule has 0 fully saturated rings. The molecule has 0 atom stereocenters. The third-order valence-corrected chi connectivity index (χ3v) is 22.2. The predicted octanol–water partition coefficient (Wildman–Crippen LogP) is 27.3. The van der Waals surface area contributed by atoms with Crippen molar-refractivity contribution in [3.8, 4) is 113 Å². The molecule has 10 heterocycles. The molecule has 10 aromatic carbocycles. The lowest BCUT2D eigenvalue weighted by molar-refractivity contribution is 0.675. The Morgan fingerprint density at radius 1 is 0.222 bits per heavy atom. The van der Waals surface area contributed by atoms with Gasteiger partial charge in [0.1, 0.15) is 56.9 Å². The van der Waals surface area contributed by atoms with E-state index in [1.807, 2.05) is 258 Å². The zero-order chi connectivity index (χ0) is 83.2. The highest BCUT2D eigenvalue weighted by molar-refractivity contribution is 6.41. The average molecular weight is 1770 g/mol. The van der Waals surface area contributed by atoms with E-state index in [1.165, 1.54) is 11.1 Å². The van der Waals surface area contributed by atoms with Gasteiger partial charge in [0.15, 0.2) is 28.2 Å². The molecule has 0 unspecified atom stereocenters. The molecule has 20 nitrogen and oxygen atoms in total. The van der Waals surface area contributed by atoms with E-state index >= 15 is 0 Å². The van der Waals surface area contributed by atoms with E-state index < -0.39 is 0 Å². The molecule has 20 aromatic rings. The normalized spacial score (nSPS) is 10.6. The fraction of sp³-hybridized carbons (Fsp3) is 0.158. The van der Waals surface area contributed by atoms with Gasteiger partial charge in [0, 0.05) is 90.4 Å². The molecule has 0 amide bonds. The van der Waals surface area contributed by atoms with Crippen LogP contribution in [0.3, 0.4) is 0 Å². The number of hydrogen-bond donors (Lipinski definition) is 0. The molecule has 0 spiro atoms. The number of hydrogen-bond acceptors (Lipinski definition) is 15. The molecule has 126 heavy (non-hydrogen) atoms. The smallest absolute Gasteiger partial charge is 0.182 e. The zero-order valence-corrected chi connectivity index (χ0v) is 70.4. The molecular formula is C101H99Cl5N20. The van der Waals surface area contributed by atoms with Gasteiger partial charge in [-0.05, 0) is 51.8 Å². The summed E-state index contributed by atoms with van der Waals surface area (Å²) in [5, 5.41) is 73.8. The van der Waals surface area contributed by atoms with E-state index in [1.54, 1.807) is 18.7 Å². The van der Waals surface area contributed by atoms with Gasteiger partial charge < -0.3 is 0 Å². The van der Waals surface area contributed by atoms with E-state index in [2.05, 4.69) is 160 Å². The maximum absolute atomic E-state index is 6.75. The first kappa shape index (κ1) is 94.6. The van der Waals surface area contributed by atoms with Gasteiger partial charge >= 0.3 is 0 Å². The highest BCUT2D eigenvalue weighted by Gasteiger charge is 2.27. The Morgan fingerprint density at radius 2 is 0.460 bits per heavy atom. The lowest BCUT2D eigenvalue weighted by Gasteiger charge is -2.06. The summed E-state index contributed by atoms with van der Waals surface area (Å²) in [6.45, 7) is 11.0. The summed E-state index contributed by atoms with van der Waals surface area (Å²) in [7, 11) is 7.43. The van der Waals surface area contributed by atoms with Crippen molar-refractivity contribution in [2.24, 2.45) is 28.2 Å². The van der Waals surface area contributed by atoms with Crippen LogP contribution in [0.1, 0.15) is 73.7 Å². The van der Waals surface area contributed by atoms with Crippen LogP contribution in [-0.2, 0) is 34.7 Å². The largest absolute Gasteiger partial charge is 0.248 e. The molecule has 10 aromatic heterocycles. The van der Waals surface area contributed by atoms with Gasteiger partial charge in [-0.15, -0.1) is 51.0 Å². The molecular weight excluding hydrogens is 1670 g/mol. The lowest BCUT2D eigenvalue weighted by atomic mass is 10.0. The summed E-state index contributed by atoms with van der Waals surface area (Å²) in [4.78, 5) is 0. The minimum Gasteiger partial charge on any atom is -0.248 e. The molecule has 0 bridgehead atoms. The monoisotopic (exact) mass is 1770 g/mol. The number of fused-ring (bicyclic) bond motifs is 5. The summed E-state index contributed by atoms with van der Waals surface area (Å²) in [5.41, 5.74) is 25.5. The molecule has 0 saturated carbocycles. The number of benzene rings is 10. The molecule has 638 valence electrons. The second-order valence-electron chi connectivity index (χ2n) is 28.4. The molecule has 0 aliphatic rings. The van der Waals surface area contributed by atoms with Gasteiger partial charge in [0.05, 0.1) is 52.0 Å². The zero-order valence-electron chi connectivity index (χ0n) is 66.6. The Hall–Kier alpha value is -13.6. The van der Waals surface area contributed by atoms with Crippen LogP contribution in [0.2, 0.25) is 25.1 Å². The van der Waals surface area contributed by atoms with Crippen molar-refractivity contribution >= 4 is 113 Å². The molecule has 0 aliphatic heterocycles. The van der Waals surface area contributed by atoms with Crippen molar-refractivity contribution in [2.75, 3.05) is 0 Å². The van der Waals surface area contributed by atoms with Crippen LogP contribution in [0.5, 0.6) is 0 Å². The second-order valence-corrected chi connectivity index (χ2v) is 30.3. The molecule has 0 aliphatic carbocycles. The average Bonchev–Trinajstić information content (AvgIpc) is 1.62. The summed E-state index contributed by atoms with van der Waals surface area (Å²) in [6.07, 6.45) is 0. The third kappa shape index (κ3) is 19.0. The Bertz CT molecular complexity index is 6860. The minimum atomic E-state index is 0. The van der Waals surface area contributed by atoms with Crippen LogP contribution < -0.4 is 0 Å². The fourth-order valence-corrected chi connectivity index (χ4v) is 15.9. The summed E-state index contributed by atoms with van der Waals surface area (Å²) in [5.74, 6) is 0. The van der Waals surface area contributed by atoms with Crippen molar-refractivity contribution in [3.63, 3.8) is 0 Å². The lowest BCUT2D eigenvalue weighted by Crippen LogP contribution is -1.99. The third-order valence-electron chi connectivity index (χ3n) is 20.4.